The predicted octanol–water partition coefficient (Wildman–Crippen LogP) is 4.12. The Labute approximate surface area is 200 Å². The second-order valence-corrected chi connectivity index (χ2v) is 9.10. The van der Waals surface area contributed by atoms with Gasteiger partial charge in [0.15, 0.2) is 0 Å². The van der Waals surface area contributed by atoms with E-state index < -0.39 is 0 Å². The molecule has 1 N–H and O–H groups in total. The molecule has 2 amide bonds. The molecule has 34 heavy (non-hydrogen) atoms. The third kappa shape index (κ3) is 5.11. The van der Waals surface area contributed by atoms with Crippen molar-refractivity contribution in [3.8, 4) is 5.75 Å². The summed E-state index contributed by atoms with van der Waals surface area (Å²) in [6.45, 7) is 3.41. The average Bonchev–Trinajstić information content (AvgIpc) is 3.69. The molecule has 0 spiro atoms. The fourth-order valence-electron chi connectivity index (χ4n) is 4.36. The zero-order chi connectivity index (χ0) is 23.5. The Hall–Kier alpha value is -3.67. The minimum absolute atomic E-state index is 0.122. The van der Waals surface area contributed by atoms with E-state index >= 15 is 0 Å². The van der Waals surface area contributed by atoms with E-state index in [1.54, 1.807) is 17.2 Å². The predicted molar refractivity (Wildman–Crippen MR) is 130 cm³/mol. The van der Waals surface area contributed by atoms with Crippen LogP contribution in [0, 0.1) is 6.92 Å². The van der Waals surface area contributed by atoms with E-state index in [0.717, 1.165) is 22.6 Å². The van der Waals surface area contributed by atoms with Gasteiger partial charge in [0, 0.05) is 37.0 Å². The second-order valence-electron chi connectivity index (χ2n) is 9.10. The number of hydrogen-bond acceptors (Lipinski definition) is 4. The maximum atomic E-state index is 13.2. The van der Waals surface area contributed by atoms with Gasteiger partial charge in [0.1, 0.15) is 12.4 Å². The van der Waals surface area contributed by atoms with Gasteiger partial charge in [0.25, 0.3) is 11.8 Å². The number of aryl methyl sites for hydroxylation is 1. The van der Waals surface area contributed by atoms with Crippen molar-refractivity contribution >= 4 is 11.8 Å². The number of nitrogens with zero attached hydrogens (tertiary/aromatic N) is 2. The highest BCUT2D eigenvalue weighted by Crippen LogP contribution is 2.41. The molecule has 0 unspecified atom stereocenters. The Morgan fingerprint density at radius 1 is 1.09 bits per heavy atom. The number of ether oxygens (including phenoxy) is 1. The van der Waals surface area contributed by atoms with Crippen molar-refractivity contribution in [3.63, 3.8) is 0 Å². The number of amides is 2. The minimum Gasteiger partial charge on any atom is -0.491 e. The van der Waals surface area contributed by atoms with Crippen molar-refractivity contribution < 1.29 is 14.3 Å². The number of pyridine rings is 1. The van der Waals surface area contributed by atoms with Gasteiger partial charge in [-0.25, -0.2) is 0 Å². The summed E-state index contributed by atoms with van der Waals surface area (Å²) in [6.07, 6.45) is 4.76. The topological polar surface area (TPSA) is 71.5 Å². The number of benzene rings is 2. The van der Waals surface area contributed by atoms with Gasteiger partial charge >= 0.3 is 0 Å². The van der Waals surface area contributed by atoms with Gasteiger partial charge in [0.2, 0.25) is 0 Å². The first-order valence-corrected chi connectivity index (χ1v) is 11.9. The molecular formula is C28H29N3O3. The fraction of sp³-hybridized carbons (Fsp3) is 0.321. The number of carbonyl (C=O) groups is 2. The molecule has 2 aromatic carbocycles. The van der Waals surface area contributed by atoms with Crippen LogP contribution in [0.1, 0.15) is 61.9 Å². The van der Waals surface area contributed by atoms with E-state index in [4.69, 9.17) is 4.74 Å². The maximum Gasteiger partial charge on any atom is 0.255 e. The van der Waals surface area contributed by atoms with Crippen LogP contribution in [0.15, 0.2) is 60.8 Å². The van der Waals surface area contributed by atoms with Gasteiger partial charge < -0.3 is 15.0 Å². The second kappa shape index (κ2) is 9.67. The van der Waals surface area contributed by atoms with Crippen LogP contribution in [0.3, 0.4) is 0 Å². The Kier molecular flexibility index (Phi) is 6.30. The molecule has 5 rings (SSSR count). The van der Waals surface area contributed by atoms with Crippen LogP contribution >= 0.6 is 0 Å². The highest BCUT2D eigenvalue weighted by molar-refractivity contribution is 5.95. The zero-order valence-electron chi connectivity index (χ0n) is 19.4. The van der Waals surface area contributed by atoms with Crippen molar-refractivity contribution in [3.05, 3.63) is 94.3 Å². The number of fused-ring (bicyclic) bond motifs is 3. The van der Waals surface area contributed by atoms with Crippen molar-refractivity contribution in [1.29, 1.82) is 0 Å². The van der Waals surface area contributed by atoms with Crippen LogP contribution < -0.4 is 10.1 Å². The lowest BCUT2D eigenvalue weighted by Gasteiger charge is -2.24. The van der Waals surface area contributed by atoms with Crippen molar-refractivity contribution in [2.75, 3.05) is 26.2 Å². The molecule has 1 fully saturated rings. The highest BCUT2D eigenvalue weighted by Gasteiger charge is 2.24. The smallest absolute Gasteiger partial charge is 0.255 e. The summed E-state index contributed by atoms with van der Waals surface area (Å²) in [5, 5.41) is 2.95. The average molecular weight is 456 g/mol. The van der Waals surface area contributed by atoms with Crippen LogP contribution in [0.2, 0.25) is 0 Å². The van der Waals surface area contributed by atoms with E-state index in [9.17, 15) is 9.59 Å². The summed E-state index contributed by atoms with van der Waals surface area (Å²) < 4.78 is 6.22. The summed E-state index contributed by atoms with van der Waals surface area (Å²) in [5.74, 6) is 1.22. The summed E-state index contributed by atoms with van der Waals surface area (Å²) in [7, 11) is 0. The summed E-state index contributed by atoms with van der Waals surface area (Å²) in [5.41, 5.74) is 5.54. The monoisotopic (exact) mass is 455 g/mol. The SMILES string of the molecule is Cc1ccc(C(=O)N2CCNC(=O)c3cccc(c3)Cc3cc(C4CC4)ccc3OCC2)cn1. The Bertz CT molecular complexity index is 1200. The van der Waals surface area contributed by atoms with E-state index in [-0.39, 0.29) is 11.8 Å². The summed E-state index contributed by atoms with van der Waals surface area (Å²) in [4.78, 5) is 31.9. The third-order valence-electron chi connectivity index (χ3n) is 6.45. The quantitative estimate of drug-likeness (QED) is 0.631. The molecule has 1 aliphatic heterocycles. The zero-order valence-corrected chi connectivity index (χ0v) is 19.4. The van der Waals surface area contributed by atoms with Gasteiger partial charge in [-0.15, -0.1) is 0 Å². The molecule has 6 nitrogen and oxygen atoms in total. The molecule has 2 heterocycles. The molecule has 174 valence electrons. The lowest BCUT2D eigenvalue weighted by atomic mass is 9.98. The van der Waals surface area contributed by atoms with Crippen molar-refractivity contribution in [1.82, 2.24) is 15.2 Å². The summed E-state index contributed by atoms with van der Waals surface area (Å²) in [6, 6.07) is 17.8. The van der Waals surface area contributed by atoms with Gasteiger partial charge in [0.05, 0.1) is 12.1 Å². The van der Waals surface area contributed by atoms with E-state index in [1.165, 1.54) is 18.4 Å². The van der Waals surface area contributed by atoms with E-state index in [0.29, 0.717) is 49.7 Å². The van der Waals surface area contributed by atoms with Gasteiger partial charge in [-0.2, -0.15) is 0 Å². The lowest BCUT2D eigenvalue weighted by molar-refractivity contribution is 0.0723. The molecule has 6 heteroatoms. The normalized spacial score (nSPS) is 16.6. The third-order valence-corrected chi connectivity index (χ3v) is 6.45. The summed E-state index contributed by atoms with van der Waals surface area (Å²) >= 11 is 0. The molecule has 0 atom stereocenters. The number of rotatable bonds is 2. The van der Waals surface area contributed by atoms with Gasteiger partial charge in [-0.05, 0) is 72.7 Å². The number of hydrogen-bond donors (Lipinski definition) is 1. The number of nitrogens with one attached hydrogen (secondary N) is 1. The molecule has 1 aliphatic carbocycles. The number of aromatic nitrogens is 1. The molecule has 1 aromatic heterocycles. The molecular weight excluding hydrogens is 426 g/mol. The Morgan fingerprint density at radius 3 is 2.76 bits per heavy atom. The van der Waals surface area contributed by atoms with Gasteiger partial charge in [-0.3, -0.25) is 14.6 Å². The first kappa shape index (κ1) is 22.1. The first-order valence-electron chi connectivity index (χ1n) is 11.9. The number of carbonyl (C=O) groups excluding carboxylic acids is 2. The lowest BCUT2D eigenvalue weighted by Crippen LogP contribution is -2.40. The molecule has 1 saturated carbocycles. The molecule has 2 aliphatic rings. The van der Waals surface area contributed by atoms with Crippen molar-refractivity contribution in [2.45, 2.75) is 32.1 Å². The Morgan fingerprint density at radius 2 is 1.97 bits per heavy atom. The molecule has 0 saturated heterocycles. The van der Waals surface area contributed by atoms with Gasteiger partial charge in [-0.1, -0.05) is 24.3 Å². The highest BCUT2D eigenvalue weighted by atomic mass is 16.5. The van der Waals surface area contributed by atoms with Crippen LogP contribution in [-0.2, 0) is 6.42 Å². The molecule has 0 radical (unpaired) electrons. The molecule has 3 aromatic rings. The van der Waals surface area contributed by atoms with Crippen LogP contribution in [0.5, 0.6) is 5.75 Å². The van der Waals surface area contributed by atoms with Crippen LogP contribution in [-0.4, -0.2) is 47.9 Å². The van der Waals surface area contributed by atoms with E-state index in [1.807, 2.05) is 37.3 Å². The van der Waals surface area contributed by atoms with Crippen LogP contribution in [0.25, 0.3) is 0 Å². The maximum absolute atomic E-state index is 13.2. The largest absolute Gasteiger partial charge is 0.491 e. The Balaban J connectivity index is 1.43. The van der Waals surface area contributed by atoms with Crippen LogP contribution in [0.4, 0.5) is 0 Å². The standard InChI is InChI=1S/C28H29N3O3/c1-19-5-6-24(18-30-19)28(33)31-12-11-29-27(32)23-4-2-3-20(15-23)16-25-17-22(21-7-8-21)9-10-26(25)34-14-13-31/h2-6,9-10,15,17-18,21H,7-8,11-14,16H2,1H3,(H,29,32). The fourth-order valence-corrected chi connectivity index (χ4v) is 4.36. The molecule has 2 bridgehead atoms. The van der Waals surface area contributed by atoms with Crippen molar-refractivity contribution in [2.24, 2.45) is 0 Å². The first-order chi connectivity index (χ1) is 16.6. The van der Waals surface area contributed by atoms with E-state index in [2.05, 4.69) is 28.5 Å². The minimum atomic E-state index is -0.133.